The molecule has 0 aliphatic carbocycles. The lowest BCUT2D eigenvalue weighted by Crippen LogP contribution is -2.06. The second kappa shape index (κ2) is 5.12. The van der Waals surface area contributed by atoms with Gasteiger partial charge >= 0.3 is 0 Å². The van der Waals surface area contributed by atoms with Gasteiger partial charge in [-0.25, -0.2) is 4.68 Å². The molecule has 96 valence electrons. The van der Waals surface area contributed by atoms with Crippen molar-refractivity contribution in [1.29, 1.82) is 0 Å². The van der Waals surface area contributed by atoms with Crippen molar-refractivity contribution in [2.75, 3.05) is 5.73 Å². The van der Waals surface area contributed by atoms with Gasteiger partial charge in [-0.1, -0.05) is 19.9 Å². The van der Waals surface area contributed by atoms with Gasteiger partial charge in [0.2, 0.25) is 0 Å². The zero-order valence-corrected chi connectivity index (χ0v) is 11.1. The van der Waals surface area contributed by atoms with E-state index in [1.807, 2.05) is 6.07 Å². The monoisotopic (exact) mass is 245 g/mol. The fourth-order valence-corrected chi connectivity index (χ4v) is 1.98. The van der Waals surface area contributed by atoms with Crippen molar-refractivity contribution >= 4 is 5.82 Å². The lowest BCUT2D eigenvalue weighted by atomic mass is 9.98. The first-order valence-electron chi connectivity index (χ1n) is 6.08. The van der Waals surface area contributed by atoms with E-state index in [1.54, 1.807) is 16.9 Å². The van der Waals surface area contributed by atoms with Crippen LogP contribution < -0.4 is 10.5 Å². The maximum absolute atomic E-state index is 5.67. The van der Waals surface area contributed by atoms with Crippen molar-refractivity contribution in [1.82, 2.24) is 9.78 Å². The molecule has 0 saturated carbocycles. The van der Waals surface area contributed by atoms with Gasteiger partial charge in [0.25, 0.3) is 0 Å². The Labute approximate surface area is 107 Å². The standard InChI is InChI=1S/C14H19N3O/c1-10(2)13-5-4-12(8-11(13)3)18-9-17-7-6-14(15)16-17/h4-8,10H,9H2,1-3H3,(H2,15,16). The number of rotatable bonds is 4. The molecule has 0 aliphatic heterocycles. The lowest BCUT2D eigenvalue weighted by molar-refractivity contribution is 0.221. The predicted molar refractivity (Wildman–Crippen MR) is 72.5 cm³/mol. The van der Waals surface area contributed by atoms with Crippen LogP contribution in [0.2, 0.25) is 0 Å². The zero-order valence-electron chi connectivity index (χ0n) is 11.1. The van der Waals surface area contributed by atoms with Crippen molar-refractivity contribution in [3.63, 3.8) is 0 Å². The number of aromatic nitrogens is 2. The summed E-state index contributed by atoms with van der Waals surface area (Å²) < 4.78 is 7.33. The molecule has 0 aliphatic rings. The molecule has 0 unspecified atom stereocenters. The summed E-state index contributed by atoms with van der Waals surface area (Å²) in [5.41, 5.74) is 8.14. The molecule has 18 heavy (non-hydrogen) atoms. The minimum atomic E-state index is 0.373. The predicted octanol–water partition coefficient (Wildman–Crippen LogP) is 2.93. The van der Waals surface area contributed by atoms with Crippen molar-refractivity contribution in [3.05, 3.63) is 41.6 Å². The molecule has 0 fully saturated rings. The highest BCUT2D eigenvalue weighted by molar-refractivity contribution is 5.36. The number of nitrogens with zero attached hydrogens (tertiary/aromatic N) is 2. The van der Waals surface area contributed by atoms with Crippen molar-refractivity contribution in [2.24, 2.45) is 0 Å². The van der Waals surface area contributed by atoms with E-state index in [2.05, 4.69) is 38.0 Å². The number of nitrogen functional groups attached to an aromatic ring is 1. The summed E-state index contributed by atoms with van der Waals surface area (Å²) in [5.74, 6) is 1.89. The van der Waals surface area contributed by atoms with Crippen molar-refractivity contribution in [3.8, 4) is 5.75 Å². The molecule has 2 N–H and O–H groups in total. The number of benzene rings is 1. The smallest absolute Gasteiger partial charge is 0.180 e. The van der Waals surface area contributed by atoms with Crippen LogP contribution in [0.1, 0.15) is 30.9 Å². The molecule has 0 saturated heterocycles. The Hall–Kier alpha value is -1.97. The van der Waals surface area contributed by atoms with E-state index in [-0.39, 0.29) is 0 Å². The Morgan fingerprint density at radius 3 is 2.67 bits per heavy atom. The largest absolute Gasteiger partial charge is 0.471 e. The normalized spacial score (nSPS) is 10.9. The lowest BCUT2D eigenvalue weighted by Gasteiger charge is -2.12. The summed E-state index contributed by atoms with van der Waals surface area (Å²) >= 11 is 0. The molecule has 1 aromatic carbocycles. The Morgan fingerprint density at radius 1 is 1.33 bits per heavy atom. The maximum Gasteiger partial charge on any atom is 0.180 e. The number of nitrogens with two attached hydrogens (primary N) is 1. The number of ether oxygens (including phenoxy) is 1. The van der Waals surface area contributed by atoms with E-state index < -0.39 is 0 Å². The number of hydrogen-bond donors (Lipinski definition) is 1. The molecule has 1 heterocycles. The first-order chi connectivity index (χ1) is 8.56. The van der Waals surface area contributed by atoms with Gasteiger partial charge < -0.3 is 10.5 Å². The molecule has 0 amide bonds. The van der Waals surface area contributed by atoms with Gasteiger partial charge in [-0.2, -0.15) is 5.10 Å². The molecule has 2 aromatic rings. The molecular formula is C14H19N3O. The molecule has 2 rings (SSSR count). The molecule has 0 radical (unpaired) electrons. The SMILES string of the molecule is Cc1cc(OCn2ccc(N)n2)ccc1C(C)C. The molecule has 4 nitrogen and oxygen atoms in total. The summed E-state index contributed by atoms with van der Waals surface area (Å²) in [6.07, 6.45) is 1.80. The highest BCUT2D eigenvalue weighted by Crippen LogP contribution is 2.23. The van der Waals surface area contributed by atoms with E-state index in [0.717, 1.165) is 5.75 Å². The summed E-state index contributed by atoms with van der Waals surface area (Å²) in [7, 11) is 0. The van der Waals surface area contributed by atoms with Crippen LogP contribution in [0.3, 0.4) is 0 Å². The van der Waals surface area contributed by atoms with Crippen molar-refractivity contribution in [2.45, 2.75) is 33.4 Å². The van der Waals surface area contributed by atoms with Crippen molar-refractivity contribution < 1.29 is 4.74 Å². The van der Waals surface area contributed by atoms with Crippen LogP contribution in [0, 0.1) is 6.92 Å². The third-order valence-electron chi connectivity index (χ3n) is 2.89. The topological polar surface area (TPSA) is 53.1 Å². The Balaban J connectivity index is 2.04. The number of aryl methyl sites for hydroxylation is 1. The maximum atomic E-state index is 5.67. The van der Waals surface area contributed by atoms with Crippen LogP contribution in [-0.4, -0.2) is 9.78 Å². The first kappa shape index (κ1) is 12.5. The van der Waals surface area contributed by atoms with Gasteiger partial charge in [0.1, 0.15) is 11.6 Å². The van der Waals surface area contributed by atoms with Crippen LogP contribution in [0.5, 0.6) is 5.75 Å². The second-order valence-electron chi connectivity index (χ2n) is 4.73. The van der Waals surface area contributed by atoms with Crippen LogP contribution in [0.15, 0.2) is 30.5 Å². The number of hydrogen-bond acceptors (Lipinski definition) is 3. The molecule has 0 atom stereocenters. The molecular weight excluding hydrogens is 226 g/mol. The van der Waals surface area contributed by atoms with E-state index in [0.29, 0.717) is 18.5 Å². The second-order valence-corrected chi connectivity index (χ2v) is 4.73. The molecule has 0 bridgehead atoms. The van der Waals surface area contributed by atoms with E-state index in [4.69, 9.17) is 10.5 Å². The van der Waals surface area contributed by atoms with Crippen LogP contribution in [-0.2, 0) is 6.73 Å². The van der Waals surface area contributed by atoms with E-state index in [9.17, 15) is 0 Å². The van der Waals surface area contributed by atoms with Gasteiger partial charge in [-0.05, 0) is 36.1 Å². The minimum absolute atomic E-state index is 0.373. The zero-order chi connectivity index (χ0) is 13.1. The Kier molecular flexibility index (Phi) is 3.55. The quantitative estimate of drug-likeness (QED) is 0.901. The molecule has 1 aromatic heterocycles. The summed E-state index contributed by atoms with van der Waals surface area (Å²) in [6, 6.07) is 7.92. The van der Waals surface area contributed by atoms with Crippen LogP contribution >= 0.6 is 0 Å². The summed E-state index contributed by atoms with van der Waals surface area (Å²) in [4.78, 5) is 0. The van der Waals surface area contributed by atoms with Crippen LogP contribution in [0.4, 0.5) is 5.82 Å². The average molecular weight is 245 g/mol. The van der Waals surface area contributed by atoms with Gasteiger partial charge in [0.15, 0.2) is 6.73 Å². The Morgan fingerprint density at radius 2 is 2.11 bits per heavy atom. The highest BCUT2D eigenvalue weighted by atomic mass is 16.5. The van der Waals surface area contributed by atoms with Gasteiger partial charge in [-0.3, -0.25) is 0 Å². The first-order valence-corrected chi connectivity index (χ1v) is 6.08. The summed E-state index contributed by atoms with van der Waals surface area (Å²) in [5, 5.41) is 4.06. The fraction of sp³-hybridized carbons (Fsp3) is 0.357. The third kappa shape index (κ3) is 2.83. The third-order valence-corrected chi connectivity index (χ3v) is 2.89. The minimum Gasteiger partial charge on any atom is -0.471 e. The van der Waals surface area contributed by atoms with Gasteiger partial charge in [-0.15, -0.1) is 0 Å². The van der Waals surface area contributed by atoms with Gasteiger partial charge in [0, 0.05) is 12.3 Å². The van der Waals surface area contributed by atoms with Gasteiger partial charge in [0.05, 0.1) is 0 Å². The fourth-order valence-electron chi connectivity index (χ4n) is 1.98. The Bertz CT molecular complexity index is 532. The highest BCUT2D eigenvalue weighted by Gasteiger charge is 2.05. The van der Waals surface area contributed by atoms with E-state index >= 15 is 0 Å². The summed E-state index contributed by atoms with van der Waals surface area (Å²) in [6.45, 7) is 6.86. The van der Waals surface area contributed by atoms with Crippen LogP contribution in [0.25, 0.3) is 0 Å². The molecule has 4 heteroatoms. The average Bonchev–Trinajstić information content (AvgIpc) is 2.72. The van der Waals surface area contributed by atoms with E-state index in [1.165, 1.54) is 11.1 Å². The number of anilines is 1. The molecule has 0 spiro atoms.